The lowest BCUT2D eigenvalue weighted by Gasteiger charge is -2.26. The first-order valence-corrected chi connectivity index (χ1v) is 13.5. The van der Waals surface area contributed by atoms with Crippen LogP contribution in [0.1, 0.15) is 5.56 Å². The molecule has 0 aliphatic heterocycles. The van der Waals surface area contributed by atoms with Crippen LogP contribution in [0.5, 0.6) is 5.75 Å². The maximum absolute atomic E-state index is 6.33. The van der Waals surface area contributed by atoms with E-state index in [0.29, 0.717) is 0 Å². The fraction of sp³-hybridized carbons (Fsp3) is 0.273. The van der Waals surface area contributed by atoms with Crippen LogP contribution in [0.15, 0.2) is 6.58 Å². The molecule has 1 rings (SSSR count). The second-order valence-electron chi connectivity index (χ2n) is 5.66. The molecule has 0 bridgehead atoms. The lowest BCUT2D eigenvalue weighted by atomic mass is 10.2. The molecule has 94 valence electrons. The van der Waals surface area contributed by atoms with E-state index >= 15 is 0 Å². The van der Waals surface area contributed by atoms with Crippen molar-refractivity contribution >= 4 is 76.1 Å². The summed E-state index contributed by atoms with van der Waals surface area (Å²) >= 11 is 0. The van der Waals surface area contributed by atoms with Gasteiger partial charge in [0, 0.05) is 46.5 Å². The minimum absolute atomic E-state index is 1.09. The van der Waals surface area contributed by atoms with Crippen LogP contribution in [0.3, 0.4) is 0 Å². The van der Waals surface area contributed by atoms with Crippen LogP contribution >= 0.6 is 0 Å². The zero-order chi connectivity index (χ0) is 13.4. The SMILES string of the molecule is C=Cc1c([SiH3])c([SiH3])c([SiH3])c([SiH3])c1O[Si](C)(C)C. The number of hydrogen-bond acceptors (Lipinski definition) is 1. The molecule has 0 aliphatic rings. The van der Waals surface area contributed by atoms with Gasteiger partial charge in [-0.05, 0) is 24.8 Å². The maximum atomic E-state index is 6.33. The van der Waals surface area contributed by atoms with E-state index < -0.39 is 8.32 Å². The quantitative estimate of drug-likeness (QED) is 0.512. The zero-order valence-electron chi connectivity index (χ0n) is 12.2. The van der Waals surface area contributed by atoms with Crippen molar-refractivity contribution < 1.29 is 4.43 Å². The Balaban J connectivity index is 3.52. The van der Waals surface area contributed by atoms with Crippen molar-refractivity contribution in [1.82, 2.24) is 0 Å². The van der Waals surface area contributed by atoms with Crippen LogP contribution in [0, 0.1) is 0 Å². The van der Waals surface area contributed by atoms with Crippen LogP contribution < -0.4 is 25.2 Å². The molecule has 0 amide bonds. The zero-order valence-corrected chi connectivity index (χ0v) is 21.2. The van der Waals surface area contributed by atoms with E-state index in [2.05, 4.69) is 26.2 Å². The molecule has 0 heterocycles. The minimum atomic E-state index is -1.52. The van der Waals surface area contributed by atoms with Crippen LogP contribution in [-0.4, -0.2) is 49.3 Å². The Morgan fingerprint density at radius 1 is 0.941 bits per heavy atom. The molecule has 0 saturated carbocycles. The van der Waals surface area contributed by atoms with E-state index in [0.717, 1.165) is 30.7 Å². The minimum Gasteiger partial charge on any atom is -0.544 e. The molecule has 0 aliphatic carbocycles. The highest BCUT2D eigenvalue weighted by Crippen LogP contribution is 2.17. The summed E-state index contributed by atoms with van der Waals surface area (Å²) in [4.78, 5) is 0. The molecule has 0 unspecified atom stereocenters. The summed E-state index contributed by atoms with van der Waals surface area (Å²) in [5, 5.41) is 6.33. The van der Waals surface area contributed by atoms with Crippen LogP contribution in [0.25, 0.3) is 6.08 Å². The Labute approximate surface area is 118 Å². The molecule has 0 N–H and O–H groups in total. The summed E-state index contributed by atoms with van der Waals surface area (Å²) in [6.45, 7) is 10.8. The predicted octanol–water partition coefficient (Wildman–Crippen LogP) is -4.49. The standard InChI is InChI=1S/C11H24OSi5/c1-5-6-7(12-17(2,3)4)9(14)11(16)10(15)8(6)13/h5H,1H2,2-4,13-16H3. The van der Waals surface area contributed by atoms with E-state index in [1.165, 1.54) is 26.7 Å². The Kier molecular flexibility index (Phi) is 4.58. The molecule has 0 spiro atoms. The summed E-state index contributed by atoms with van der Waals surface area (Å²) in [7, 11) is 3.01. The van der Waals surface area contributed by atoms with Crippen LogP contribution in [0.2, 0.25) is 19.6 Å². The first-order valence-electron chi connectivity index (χ1n) is 6.11. The van der Waals surface area contributed by atoms with Crippen molar-refractivity contribution in [3.05, 3.63) is 12.1 Å². The van der Waals surface area contributed by atoms with Gasteiger partial charge >= 0.3 is 0 Å². The summed E-state index contributed by atoms with van der Waals surface area (Å²) in [6, 6.07) is 0. The molecule has 0 aromatic heterocycles. The molecule has 6 heteroatoms. The van der Waals surface area contributed by atoms with Crippen LogP contribution in [-0.2, 0) is 0 Å². The maximum Gasteiger partial charge on any atom is 0.242 e. The van der Waals surface area contributed by atoms with Crippen molar-refractivity contribution in [2.24, 2.45) is 0 Å². The van der Waals surface area contributed by atoms with Gasteiger partial charge in [0.2, 0.25) is 8.32 Å². The molecular weight excluding hydrogens is 289 g/mol. The van der Waals surface area contributed by atoms with E-state index in [1.54, 1.807) is 15.6 Å². The lowest BCUT2D eigenvalue weighted by molar-refractivity contribution is 0.562. The topological polar surface area (TPSA) is 9.23 Å². The summed E-state index contributed by atoms with van der Waals surface area (Å²) in [5.41, 5.74) is 1.31. The Hall–Kier alpha value is -0.156. The first kappa shape index (κ1) is 14.9. The van der Waals surface area contributed by atoms with E-state index in [-0.39, 0.29) is 0 Å². The number of hydrogen-bond donors (Lipinski definition) is 0. The van der Waals surface area contributed by atoms with Crippen LogP contribution in [0.4, 0.5) is 0 Å². The second-order valence-corrected chi connectivity index (χ2v) is 14.1. The average molecular weight is 313 g/mol. The molecule has 1 aromatic rings. The van der Waals surface area contributed by atoms with Crippen molar-refractivity contribution in [2.75, 3.05) is 0 Å². The van der Waals surface area contributed by atoms with Gasteiger partial charge in [-0.3, -0.25) is 0 Å². The third-order valence-corrected chi connectivity index (χ3v) is 12.6. The van der Waals surface area contributed by atoms with Gasteiger partial charge in [0.25, 0.3) is 0 Å². The Morgan fingerprint density at radius 3 is 1.82 bits per heavy atom. The normalized spacial score (nSPS) is 12.2. The van der Waals surface area contributed by atoms with Gasteiger partial charge in [0.15, 0.2) is 0 Å². The molecule has 0 saturated heterocycles. The highest BCUT2D eigenvalue weighted by molar-refractivity contribution is 6.71. The molecular formula is C11H24OSi5. The molecule has 0 fully saturated rings. The van der Waals surface area contributed by atoms with Gasteiger partial charge in [0.1, 0.15) is 5.75 Å². The lowest BCUT2D eigenvalue weighted by Crippen LogP contribution is -2.50. The summed E-state index contributed by atoms with van der Waals surface area (Å²) in [6.07, 6.45) is 2.02. The van der Waals surface area contributed by atoms with Gasteiger partial charge in [-0.2, -0.15) is 0 Å². The van der Waals surface area contributed by atoms with E-state index in [9.17, 15) is 0 Å². The van der Waals surface area contributed by atoms with Crippen molar-refractivity contribution in [3.63, 3.8) is 0 Å². The third-order valence-electron chi connectivity index (χ3n) is 3.29. The Bertz CT molecular complexity index is 462. The average Bonchev–Trinajstić information content (AvgIpc) is 2.22. The first-order chi connectivity index (χ1) is 7.69. The number of benzene rings is 1. The highest BCUT2D eigenvalue weighted by atomic mass is 28.4. The third kappa shape index (κ3) is 3.19. The van der Waals surface area contributed by atoms with Gasteiger partial charge in [-0.1, -0.05) is 28.2 Å². The fourth-order valence-corrected chi connectivity index (χ4v) is 6.87. The fourth-order valence-electron chi connectivity index (χ4n) is 1.99. The molecule has 0 atom stereocenters. The van der Waals surface area contributed by atoms with Gasteiger partial charge in [-0.15, -0.1) is 0 Å². The molecule has 1 aromatic carbocycles. The largest absolute Gasteiger partial charge is 0.544 e. The van der Waals surface area contributed by atoms with Crippen molar-refractivity contribution in [1.29, 1.82) is 0 Å². The van der Waals surface area contributed by atoms with Gasteiger partial charge in [0.05, 0.1) is 0 Å². The monoisotopic (exact) mass is 312 g/mol. The molecule has 0 radical (unpaired) electrons. The van der Waals surface area contributed by atoms with E-state index in [4.69, 9.17) is 4.43 Å². The molecule has 1 nitrogen and oxygen atoms in total. The number of rotatable bonds is 3. The van der Waals surface area contributed by atoms with Gasteiger partial charge < -0.3 is 4.43 Å². The summed E-state index contributed by atoms with van der Waals surface area (Å²) in [5.74, 6) is 1.19. The predicted molar refractivity (Wildman–Crippen MR) is 98.8 cm³/mol. The van der Waals surface area contributed by atoms with Crippen molar-refractivity contribution in [2.45, 2.75) is 19.6 Å². The Morgan fingerprint density at radius 2 is 1.41 bits per heavy atom. The van der Waals surface area contributed by atoms with Gasteiger partial charge in [-0.25, -0.2) is 0 Å². The van der Waals surface area contributed by atoms with Crippen molar-refractivity contribution in [3.8, 4) is 5.75 Å². The smallest absolute Gasteiger partial charge is 0.242 e. The van der Waals surface area contributed by atoms with E-state index in [1.807, 2.05) is 6.08 Å². The summed E-state index contributed by atoms with van der Waals surface area (Å²) < 4.78 is 6.33. The molecule has 17 heavy (non-hydrogen) atoms. The highest BCUT2D eigenvalue weighted by Gasteiger charge is 2.21. The second kappa shape index (κ2) is 5.23.